The fourth-order valence-electron chi connectivity index (χ4n) is 4.99. The molecule has 5 aromatic rings. The molecule has 4 aromatic carbocycles. The number of hydrogen-bond donors (Lipinski definition) is 0. The second-order valence-electron chi connectivity index (χ2n) is 10.9. The Bertz CT molecular complexity index is 1770. The Kier molecular flexibility index (Phi) is 8.77. The van der Waals surface area contributed by atoms with Crippen molar-refractivity contribution in [1.82, 2.24) is 9.80 Å². The zero-order valence-corrected chi connectivity index (χ0v) is 23.8. The highest BCUT2D eigenvalue weighted by atomic mass is 19.1. The highest BCUT2D eigenvalue weighted by Gasteiger charge is 2.25. The van der Waals surface area contributed by atoms with Gasteiger partial charge in [-0.3, -0.25) is 14.4 Å². The number of hydrogen-bond acceptors (Lipinski definition) is 4. The van der Waals surface area contributed by atoms with Gasteiger partial charge in [0.1, 0.15) is 17.9 Å². The molecule has 42 heavy (non-hydrogen) atoms. The van der Waals surface area contributed by atoms with Gasteiger partial charge in [0.05, 0.1) is 23.8 Å². The van der Waals surface area contributed by atoms with Crippen LogP contribution >= 0.6 is 0 Å². The molecule has 0 aliphatic rings. The van der Waals surface area contributed by atoms with E-state index < -0.39 is 0 Å². The predicted molar refractivity (Wildman–Crippen MR) is 162 cm³/mol. The summed E-state index contributed by atoms with van der Waals surface area (Å²) in [6, 6.07) is 26.1. The highest BCUT2D eigenvalue weighted by Crippen LogP contribution is 2.21. The third-order valence-corrected chi connectivity index (χ3v) is 7.36. The number of carbonyl (C=O) groups is 2. The van der Waals surface area contributed by atoms with Crippen LogP contribution in [-0.4, -0.2) is 34.7 Å². The largest absolute Gasteiger partial charge is 0.464 e. The molecule has 0 atom stereocenters. The molecule has 0 unspecified atom stereocenters. The summed E-state index contributed by atoms with van der Waals surface area (Å²) in [5.74, 6) is -0.621. The van der Waals surface area contributed by atoms with E-state index >= 15 is 0 Å². The van der Waals surface area contributed by atoms with Crippen molar-refractivity contribution in [2.45, 2.75) is 33.4 Å². The summed E-state index contributed by atoms with van der Waals surface area (Å²) in [5.41, 5.74) is 1.78. The van der Waals surface area contributed by atoms with Gasteiger partial charge in [-0.15, -0.1) is 0 Å². The van der Waals surface area contributed by atoms with Crippen molar-refractivity contribution in [3.05, 3.63) is 130 Å². The molecule has 0 aliphatic carbocycles. The summed E-state index contributed by atoms with van der Waals surface area (Å²) < 4.78 is 19.3. The molecule has 0 bridgehead atoms. The molecule has 0 aliphatic heterocycles. The van der Waals surface area contributed by atoms with Crippen LogP contribution in [0, 0.1) is 11.7 Å². The van der Waals surface area contributed by atoms with Gasteiger partial charge in [0.2, 0.25) is 5.91 Å². The first-order valence-electron chi connectivity index (χ1n) is 14.1. The summed E-state index contributed by atoms with van der Waals surface area (Å²) in [7, 11) is 0. The van der Waals surface area contributed by atoms with Crippen molar-refractivity contribution < 1.29 is 18.4 Å². The lowest BCUT2D eigenvalue weighted by Gasteiger charge is -2.28. The molecule has 7 heteroatoms. The van der Waals surface area contributed by atoms with Crippen LogP contribution in [0.15, 0.2) is 106 Å². The van der Waals surface area contributed by atoms with Crippen molar-refractivity contribution in [2.24, 2.45) is 5.92 Å². The number of halogens is 1. The molecule has 0 N–H and O–H groups in total. The lowest BCUT2D eigenvalue weighted by molar-refractivity contribution is -0.133. The topological polar surface area (TPSA) is 70.8 Å². The Morgan fingerprint density at radius 3 is 2.26 bits per heavy atom. The smallest absolute Gasteiger partial charge is 0.254 e. The minimum Gasteiger partial charge on any atom is -0.464 e. The maximum Gasteiger partial charge on any atom is 0.254 e. The summed E-state index contributed by atoms with van der Waals surface area (Å²) in [4.78, 5) is 44.3. The molecular formula is C35H33FN2O4. The van der Waals surface area contributed by atoms with Crippen LogP contribution in [0.2, 0.25) is 0 Å². The minimum atomic E-state index is -0.382. The summed E-state index contributed by atoms with van der Waals surface area (Å²) in [5, 5.41) is 2.19. The van der Waals surface area contributed by atoms with Crippen LogP contribution in [0.1, 0.15) is 41.8 Å². The third-order valence-electron chi connectivity index (χ3n) is 7.36. The van der Waals surface area contributed by atoms with E-state index in [1.165, 1.54) is 23.3 Å². The molecule has 2 amide bonds. The van der Waals surface area contributed by atoms with Crippen molar-refractivity contribution >= 4 is 33.6 Å². The molecule has 214 valence electrons. The van der Waals surface area contributed by atoms with Gasteiger partial charge in [-0.05, 0) is 59.0 Å². The number of amides is 2. The Labute approximate surface area is 244 Å². The molecule has 0 saturated heterocycles. The maximum atomic E-state index is 14.0. The number of nitrogens with zero attached hydrogens (tertiary/aromatic N) is 2. The van der Waals surface area contributed by atoms with Gasteiger partial charge in [0.25, 0.3) is 5.91 Å². The molecule has 6 nitrogen and oxygen atoms in total. The number of fused-ring (bicyclic) bond motifs is 2. The van der Waals surface area contributed by atoms with Crippen molar-refractivity contribution in [2.75, 3.05) is 13.1 Å². The van der Waals surface area contributed by atoms with E-state index in [-0.39, 0.29) is 42.7 Å². The molecule has 1 heterocycles. The Morgan fingerprint density at radius 1 is 0.810 bits per heavy atom. The van der Waals surface area contributed by atoms with Gasteiger partial charge in [-0.1, -0.05) is 74.5 Å². The molecule has 1 aromatic heterocycles. The molecule has 0 spiro atoms. The van der Waals surface area contributed by atoms with Gasteiger partial charge in [0.15, 0.2) is 5.43 Å². The minimum absolute atomic E-state index is 0.0240. The van der Waals surface area contributed by atoms with E-state index in [1.807, 2.05) is 36.4 Å². The second kappa shape index (κ2) is 12.8. The molecule has 5 rings (SSSR count). The average molecular weight is 565 g/mol. The van der Waals surface area contributed by atoms with Crippen LogP contribution in [-0.2, 0) is 17.9 Å². The quantitative estimate of drug-likeness (QED) is 0.187. The lowest BCUT2D eigenvalue weighted by Crippen LogP contribution is -2.43. The van der Waals surface area contributed by atoms with Crippen molar-refractivity contribution in [1.29, 1.82) is 0 Å². The van der Waals surface area contributed by atoms with Gasteiger partial charge in [-0.2, -0.15) is 0 Å². The summed E-state index contributed by atoms with van der Waals surface area (Å²) >= 11 is 0. The zero-order valence-electron chi connectivity index (χ0n) is 23.8. The highest BCUT2D eigenvalue weighted by molar-refractivity contribution is 6.07. The second-order valence-corrected chi connectivity index (χ2v) is 10.9. The number of carbonyl (C=O) groups excluding carboxylic acids is 2. The number of benzene rings is 4. The molecule has 0 fully saturated rings. The Balaban J connectivity index is 1.47. The maximum absolute atomic E-state index is 14.0. The Morgan fingerprint density at radius 2 is 1.50 bits per heavy atom. The number of rotatable bonds is 10. The SMILES string of the molecule is CC(C)CCN(CC(=O)N(Cc1ccc(F)cc1)Cc1coc2ccccc2c1=O)C(=O)c1cccc2ccccc12. The average Bonchev–Trinajstić information content (AvgIpc) is 3.00. The van der Waals surface area contributed by atoms with E-state index in [4.69, 9.17) is 4.42 Å². The third kappa shape index (κ3) is 6.57. The van der Waals surface area contributed by atoms with Crippen molar-refractivity contribution in [3.8, 4) is 0 Å². The first-order chi connectivity index (χ1) is 20.3. The van der Waals surface area contributed by atoms with Crippen LogP contribution < -0.4 is 5.43 Å². The van der Waals surface area contributed by atoms with Crippen LogP contribution in [0.4, 0.5) is 4.39 Å². The van der Waals surface area contributed by atoms with E-state index in [0.717, 1.165) is 17.2 Å². The fourth-order valence-corrected chi connectivity index (χ4v) is 4.99. The molecular weight excluding hydrogens is 531 g/mol. The van der Waals surface area contributed by atoms with Crippen LogP contribution in [0.3, 0.4) is 0 Å². The predicted octanol–water partition coefficient (Wildman–Crippen LogP) is 6.80. The number of para-hydroxylation sites is 1. The van der Waals surface area contributed by atoms with E-state index in [0.29, 0.717) is 40.1 Å². The zero-order chi connectivity index (χ0) is 29.6. The van der Waals surface area contributed by atoms with Gasteiger partial charge < -0.3 is 14.2 Å². The van der Waals surface area contributed by atoms with Crippen LogP contribution in [0.5, 0.6) is 0 Å². The monoisotopic (exact) mass is 564 g/mol. The van der Waals surface area contributed by atoms with Gasteiger partial charge in [0, 0.05) is 18.7 Å². The van der Waals surface area contributed by atoms with E-state index in [2.05, 4.69) is 13.8 Å². The normalized spacial score (nSPS) is 11.2. The molecule has 0 radical (unpaired) electrons. The first kappa shape index (κ1) is 28.7. The van der Waals surface area contributed by atoms with Crippen molar-refractivity contribution in [3.63, 3.8) is 0 Å². The lowest BCUT2D eigenvalue weighted by atomic mass is 10.0. The fraction of sp³-hybridized carbons (Fsp3) is 0.229. The van der Waals surface area contributed by atoms with Gasteiger partial charge >= 0.3 is 0 Å². The van der Waals surface area contributed by atoms with Crippen LogP contribution in [0.25, 0.3) is 21.7 Å². The summed E-state index contributed by atoms with van der Waals surface area (Å²) in [6.45, 7) is 4.48. The Hall–Kier alpha value is -4.78. The van der Waals surface area contributed by atoms with E-state index in [9.17, 15) is 18.8 Å². The van der Waals surface area contributed by atoms with Gasteiger partial charge in [-0.25, -0.2) is 4.39 Å². The standard InChI is InChI=1S/C35H33FN2O4/c1-24(2)18-19-37(35(41)30-12-7-9-26-8-3-4-10-29(26)30)22-33(39)38(20-25-14-16-28(36)17-15-25)21-27-23-42-32-13-6-5-11-31(32)34(27)40/h3-17,23-24H,18-22H2,1-2H3. The first-order valence-corrected chi connectivity index (χ1v) is 14.1. The molecule has 0 saturated carbocycles. The summed E-state index contributed by atoms with van der Waals surface area (Å²) in [6.07, 6.45) is 2.10. The van der Waals surface area contributed by atoms with E-state index in [1.54, 1.807) is 47.4 Å².